The number of hydrogen-bond donors (Lipinski definition) is 0. The molecule has 0 aliphatic carbocycles. The zero-order valence-electron chi connectivity index (χ0n) is 18.7. The van der Waals surface area contributed by atoms with Crippen molar-refractivity contribution in [2.24, 2.45) is 0 Å². The number of carbonyl (C=O) groups excluding carboxylic acids is 1. The lowest BCUT2D eigenvalue weighted by Crippen LogP contribution is -2.46. The summed E-state index contributed by atoms with van der Waals surface area (Å²) in [4.78, 5) is 20.7. The molecule has 2 aromatic carbocycles. The molecule has 10 heteroatoms. The Labute approximate surface area is 195 Å². The highest BCUT2D eigenvalue weighted by atomic mass is 19.2. The van der Waals surface area contributed by atoms with Crippen LogP contribution in [0.4, 0.5) is 13.6 Å². The van der Waals surface area contributed by atoms with Crippen molar-refractivity contribution in [1.29, 1.82) is 0 Å². The molecule has 0 bridgehead atoms. The fourth-order valence-corrected chi connectivity index (χ4v) is 4.42. The first-order valence-corrected chi connectivity index (χ1v) is 11.0. The summed E-state index contributed by atoms with van der Waals surface area (Å²) in [5, 5.41) is 4.07. The number of ether oxygens (including phenoxy) is 2. The average Bonchev–Trinajstić information content (AvgIpc) is 3.42. The van der Waals surface area contributed by atoms with Gasteiger partial charge in [-0.25, -0.2) is 13.6 Å². The Balaban J connectivity index is 1.16. The second-order valence-electron chi connectivity index (χ2n) is 8.67. The van der Waals surface area contributed by atoms with Gasteiger partial charge in [0.15, 0.2) is 11.6 Å². The van der Waals surface area contributed by atoms with Gasteiger partial charge < -0.3 is 14.0 Å². The number of benzene rings is 2. The Hall–Kier alpha value is -3.53. The quantitative estimate of drug-likeness (QED) is 0.539. The van der Waals surface area contributed by atoms with Gasteiger partial charge >= 0.3 is 6.09 Å². The average molecular weight is 470 g/mol. The number of piperidine rings is 1. The largest absolute Gasteiger partial charge is 0.497 e. The Morgan fingerprint density at radius 2 is 1.82 bits per heavy atom. The predicted molar refractivity (Wildman–Crippen MR) is 117 cm³/mol. The van der Waals surface area contributed by atoms with Gasteiger partial charge in [0.05, 0.1) is 20.2 Å². The second kappa shape index (κ2) is 9.02. The van der Waals surface area contributed by atoms with E-state index in [2.05, 4.69) is 15.0 Å². The number of hydrogen-bond acceptors (Lipinski definition) is 7. The van der Waals surface area contributed by atoms with E-state index in [1.807, 2.05) is 24.3 Å². The molecule has 0 atom stereocenters. The Kier molecular flexibility index (Phi) is 5.91. The van der Waals surface area contributed by atoms with E-state index in [0.717, 1.165) is 23.4 Å². The minimum Gasteiger partial charge on any atom is -0.497 e. The predicted octanol–water partition coefficient (Wildman–Crippen LogP) is 4.01. The molecule has 2 aliphatic heterocycles. The zero-order valence-corrected chi connectivity index (χ0v) is 18.7. The second-order valence-corrected chi connectivity index (χ2v) is 8.67. The van der Waals surface area contributed by atoms with Crippen molar-refractivity contribution >= 4 is 6.09 Å². The van der Waals surface area contributed by atoms with Gasteiger partial charge in [-0.05, 0) is 42.0 Å². The first-order chi connectivity index (χ1) is 16.4. The highest BCUT2D eigenvalue weighted by Gasteiger charge is 2.47. The van der Waals surface area contributed by atoms with Crippen molar-refractivity contribution in [2.75, 3.05) is 26.7 Å². The van der Waals surface area contributed by atoms with Crippen molar-refractivity contribution < 1.29 is 27.6 Å². The maximum absolute atomic E-state index is 13.5. The number of likely N-dealkylation sites (tertiary alicyclic amines) is 1. The molecule has 0 radical (unpaired) electrons. The lowest BCUT2D eigenvalue weighted by Gasteiger charge is -2.36. The summed E-state index contributed by atoms with van der Waals surface area (Å²) in [6.45, 7) is 2.50. The Morgan fingerprint density at radius 3 is 2.53 bits per heavy atom. The first-order valence-electron chi connectivity index (χ1n) is 11.0. The van der Waals surface area contributed by atoms with Crippen LogP contribution in [0.3, 0.4) is 0 Å². The van der Waals surface area contributed by atoms with Crippen molar-refractivity contribution in [1.82, 2.24) is 19.9 Å². The lowest BCUT2D eigenvalue weighted by molar-refractivity contribution is -0.00335. The molecule has 3 aromatic rings. The minimum atomic E-state index is -0.927. The molecule has 3 heterocycles. The minimum absolute atomic E-state index is 0.178. The summed E-state index contributed by atoms with van der Waals surface area (Å²) in [5.74, 6) is -0.0437. The van der Waals surface area contributed by atoms with Crippen molar-refractivity contribution in [3.8, 4) is 17.1 Å². The van der Waals surface area contributed by atoms with E-state index in [4.69, 9.17) is 14.0 Å². The van der Waals surface area contributed by atoms with Crippen LogP contribution in [0.15, 0.2) is 47.0 Å². The van der Waals surface area contributed by atoms with Crippen LogP contribution in [0.1, 0.15) is 24.3 Å². The molecule has 5 rings (SSSR count). The molecule has 0 saturated carbocycles. The molecular formula is C24H24F2N4O4. The normalized spacial score (nSPS) is 17.9. The molecule has 2 aliphatic rings. The van der Waals surface area contributed by atoms with Gasteiger partial charge in [-0.2, -0.15) is 4.98 Å². The molecule has 8 nitrogen and oxygen atoms in total. The molecule has 1 aromatic heterocycles. The number of methoxy groups -OCH3 is 1. The summed E-state index contributed by atoms with van der Waals surface area (Å²) >= 11 is 0. The molecule has 34 heavy (non-hydrogen) atoms. The number of carbonyl (C=O) groups is 1. The van der Waals surface area contributed by atoms with Gasteiger partial charge in [-0.3, -0.25) is 9.80 Å². The lowest BCUT2D eigenvalue weighted by atomic mass is 9.91. The Morgan fingerprint density at radius 1 is 1.06 bits per heavy atom. The van der Waals surface area contributed by atoms with E-state index in [9.17, 15) is 13.6 Å². The first kappa shape index (κ1) is 22.3. The number of halogens is 2. The summed E-state index contributed by atoms with van der Waals surface area (Å²) in [6.07, 6.45) is 0.887. The number of amides is 1. The summed E-state index contributed by atoms with van der Waals surface area (Å²) < 4.78 is 43.0. The summed E-state index contributed by atoms with van der Waals surface area (Å²) in [7, 11) is 1.61. The standard InChI is InChI=1S/C24H24F2N4O4/c1-32-18-5-3-17(4-6-18)22-27-21(34-28-22)14-29-10-8-24(9-11-29)15-30(23(31)33-24)13-16-2-7-19(25)20(26)12-16/h2-7,12H,8-11,13-15H2,1H3. The van der Waals surface area contributed by atoms with Gasteiger partial charge in [0, 0.05) is 38.0 Å². The van der Waals surface area contributed by atoms with Crippen molar-refractivity contribution in [3.63, 3.8) is 0 Å². The van der Waals surface area contributed by atoms with Crippen LogP contribution in [-0.4, -0.2) is 58.4 Å². The highest BCUT2D eigenvalue weighted by Crippen LogP contribution is 2.34. The van der Waals surface area contributed by atoms with Gasteiger partial charge in [-0.15, -0.1) is 0 Å². The van der Waals surface area contributed by atoms with Crippen LogP contribution in [0.25, 0.3) is 11.4 Å². The van der Waals surface area contributed by atoms with E-state index in [0.29, 0.717) is 56.3 Å². The van der Waals surface area contributed by atoms with E-state index >= 15 is 0 Å². The highest BCUT2D eigenvalue weighted by molar-refractivity contribution is 5.70. The van der Waals surface area contributed by atoms with Gasteiger partial charge in [0.2, 0.25) is 11.7 Å². The molecule has 178 valence electrons. The molecule has 2 saturated heterocycles. The molecule has 0 unspecified atom stereocenters. The fraction of sp³-hybridized carbons (Fsp3) is 0.375. The van der Waals surface area contributed by atoms with Crippen molar-refractivity contribution in [3.05, 3.63) is 65.6 Å². The van der Waals surface area contributed by atoms with E-state index in [-0.39, 0.29) is 6.54 Å². The van der Waals surface area contributed by atoms with E-state index < -0.39 is 23.3 Å². The summed E-state index contributed by atoms with van der Waals surface area (Å²) in [5.41, 5.74) is 0.789. The van der Waals surface area contributed by atoms with Crippen LogP contribution in [0, 0.1) is 11.6 Å². The van der Waals surface area contributed by atoms with Crippen LogP contribution < -0.4 is 4.74 Å². The maximum Gasteiger partial charge on any atom is 0.410 e. The molecule has 1 spiro atoms. The van der Waals surface area contributed by atoms with Gasteiger partial charge in [0.25, 0.3) is 0 Å². The number of aromatic nitrogens is 2. The third-order valence-corrected chi connectivity index (χ3v) is 6.34. The van der Waals surface area contributed by atoms with Gasteiger partial charge in [-0.1, -0.05) is 11.2 Å². The molecular weight excluding hydrogens is 446 g/mol. The smallest absolute Gasteiger partial charge is 0.410 e. The summed E-state index contributed by atoms with van der Waals surface area (Å²) in [6, 6.07) is 11.1. The fourth-order valence-electron chi connectivity index (χ4n) is 4.42. The third-order valence-electron chi connectivity index (χ3n) is 6.34. The van der Waals surface area contributed by atoms with Crippen molar-refractivity contribution in [2.45, 2.75) is 31.5 Å². The van der Waals surface area contributed by atoms with Crippen LogP contribution in [0.5, 0.6) is 5.75 Å². The zero-order chi connectivity index (χ0) is 23.7. The molecule has 2 fully saturated rings. The SMILES string of the molecule is COc1ccc(-c2noc(CN3CCC4(CC3)CN(Cc3ccc(F)c(F)c3)C(=O)O4)n2)cc1. The van der Waals surface area contributed by atoms with Gasteiger partial charge in [0.1, 0.15) is 11.4 Å². The Bertz CT molecular complexity index is 1180. The third kappa shape index (κ3) is 4.58. The number of rotatable bonds is 6. The van der Waals surface area contributed by atoms with Crippen LogP contribution in [-0.2, 0) is 17.8 Å². The molecule has 0 N–H and O–H groups in total. The monoisotopic (exact) mass is 470 g/mol. The molecule has 1 amide bonds. The topological polar surface area (TPSA) is 80.9 Å². The van der Waals surface area contributed by atoms with Crippen LogP contribution in [0.2, 0.25) is 0 Å². The maximum atomic E-state index is 13.5. The number of nitrogens with zero attached hydrogens (tertiary/aromatic N) is 4. The van der Waals surface area contributed by atoms with Crippen LogP contribution >= 0.6 is 0 Å². The van der Waals surface area contributed by atoms with E-state index in [1.165, 1.54) is 6.07 Å². The van der Waals surface area contributed by atoms with E-state index in [1.54, 1.807) is 12.0 Å².